The lowest BCUT2D eigenvalue weighted by atomic mass is 9.98. The summed E-state index contributed by atoms with van der Waals surface area (Å²) in [7, 11) is 0. The van der Waals surface area contributed by atoms with E-state index < -0.39 is 0 Å². The highest BCUT2D eigenvalue weighted by molar-refractivity contribution is 5.40. The highest BCUT2D eigenvalue weighted by atomic mass is 16.5. The van der Waals surface area contributed by atoms with E-state index in [4.69, 9.17) is 10.5 Å². The number of rotatable bonds is 4. The molecule has 0 bridgehead atoms. The van der Waals surface area contributed by atoms with E-state index in [-0.39, 0.29) is 12.1 Å². The van der Waals surface area contributed by atoms with Crippen LogP contribution in [0.4, 0.5) is 0 Å². The summed E-state index contributed by atoms with van der Waals surface area (Å²) in [5, 5.41) is 0. The van der Waals surface area contributed by atoms with Crippen molar-refractivity contribution in [3.05, 3.63) is 65.2 Å². The van der Waals surface area contributed by atoms with Crippen LogP contribution in [0, 0.1) is 6.92 Å². The summed E-state index contributed by atoms with van der Waals surface area (Å²) in [5.41, 5.74) is 10.2. The first-order valence-electron chi connectivity index (χ1n) is 7.26. The number of ether oxygens (including phenoxy) is 1. The molecule has 2 aromatic rings. The van der Waals surface area contributed by atoms with Crippen molar-refractivity contribution in [2.45, 2.75) is 38.3 Å². The molecule has 2 heteroatoms. The minimum Gasteiger partial charge on any atom is -0.490 e. The second-order valence-corrected chi connectivity index (χ2v) is 5.74. The van der Waals surface area contributed by atoms with Crippen LogP contribution >= 0.6 is 0 Å². The van der Waals surface area contributed by atoms with Gasteiger partial charge in [-0.1, -0.05) is 48.0 Å². The molecular weight excluding hydrogens is 246 g/mol. The summed E-state index contributed by atoms with van der Waals surface area (Å²) in [6, 6.07) is 17.0. The Morgan fingerprint density at radius 3 is 2.80 bits per heavy atom. The van der Waals surface area contributed by atoms with Crippen LogP contribution in [-0.2, 0) is 12.8 Å². The van der Waals surface area contributed by atoms with Crippen molar-refractivity contribution >= 4 is 0 Å². The normalized spacial score (nSPS) is 18.4. The molecule has 2 N–H and O–H groups in total. The maximum absolute atomic E-state index is 6.27. The van der Waals surface area contributed by atoms with E-state index in [2.05, 4.69) is 49.4 Å². The Balaban J connectivity index is 1.58. The van der Waals surface area contributed by atoms with Gasteiger partial charge in [-0.05, 0) is 30.5 Å². The van der Waals surface area contributed by atoms with E-state index in [1.165, 1.54) is 16.7 Å². The lowest BCUT2D eigenvalue weighted by Gasteiger charge is -2.16. The molecule has 20 heavy (non-hydrogen) atoms. The van der Waals surface area contributed by atoms with E-state index in [0.717, 1.165) is 25.0 Å². The minimum atomic E-state index is 0.151. The highest BCUT2D eigenvalue weighted by Crippen LogP contribution is 2.31. The molecule has 0 spiro atoms. The predicted octanol–water partition coefficient (Wildman–Crippen LogP) is 3.26. The standard InChI is InChI=1S/C18H21NO/c1-13-7-8-18-15(9-13)11-17(20-18)12-16(19)10-14-5-3-2-4-6-14/h2-9,16-17H,10-12,19H2,1H3. The van der Waals surface area contributed by atoms with Gasteiger partial charge in [0.05, 0.1) is 0 Å². The maximum atomic E-state index is 6.27. The molecule has 0 aliphatic carbocycles. The average molecular weight is 267 g/mol. The summed E-state index contributed by atoms with van der Waals surface area (Å²) in [6.45, 7) is 2.12. The van der Waals surface area contributed by atoms with Crippen LogP contribution in [-0.4, -0.2) is 12.1 Å². The van der Waals surface area contributed by atoms with Crippen molar-refractivity contribution in [1.29, 1.82) is 0 Å². The fraction of sp³-hybridized carbons (Fsp3) is 0.333. The molecule has 0 fully saturated rings. The van der Waals surface area contributed by atoms with Crippen LogP contribution in [0.5, 0.6) is 5.75 Å². The number of aryl methyl sites for hydroxylation is 1. The van der Waals surface area contributed by atoms with E-state index in [1.54, 1.807) is 0 Å². The Kier molecular flexibility index (Phi) is 3.75. The summed E-state index contributed by atoms with van der Waals surface area (Å²) < 4.78 is 5.99. The van der Waals surface area contributed by atoms with Crippen LogP contribution in [0.2, 0.25) is 0 Å². The second kappa shape index (κ2) is 5.68. The average Bonchev–Trinajstić information content (AvgIpc) is 2.80. The van der Waals surface area contributed by atoms with Crippen molar-refractivity contribution in [2.75, 3.05) is 0 Å². The van der Waals surface area contributed by atoms with Gasteiger partial charge in [0, 0.05) is 18.9 Å². The predicted molar refractivity (Wildman–Crippen MR) is 82.0 cm³/mol. The maximum Gasteiger partial charge on any atom is 0.123 e. The Morgan fingerprint density at radius 2 is 2.00 bits per heavy atom. The van der Waals surface area contributed by atoms with Crippen LogP contribution in [0.25, 0.3) is 0 Å². The van der Waals surface area contributed by atoms with Crippen molar-refractivity contribution in [3.8, 4) is 5.75 Å². The molecule has 2 atom stereocenters. The Morgan fingerprint density at radius 1 is 1.20 bits per heavy atom. The first-order chi connectivity index (χ1) is 9.70. The number of hydrogen-bond donors (Lipinski definition) is 1. The zero-order valence-electron chi connectivity index (χ0n) is 11.9. The molecule has 2 unspecified atom stereocenters. The summed E-state index contributed by atoms with van der Waals surface area (Å²) >= 11 is 0. The molecule has 3 rings (SSSR count). The molecule has 1 aliphatic rings. The van der Waals surface area contributed by atoms with Gasteiger partial charge in [-0.25, -0.2) is 0 Å². The van der Waals surface area contributed by atoms with Gasteiger partial charge >= 0.3 is 0 Å². The van der Waals surface area contributed by atoms with Crippen molar-refractivity contribution < 1.29 is 4.74 Å². The topological polar surface area (TPSA) is 35.2 Å². The Bertz CT molecular complexity index is 579. The van der Waals surface area contributed by atoms with E-state index in [1.807, 2.05) is 6.07 Å². The van der Waals surface area contributed by atoms with Gasteiger partial charge in [-0.3, -0.25) is 0 Å². The smallest absolute Gasteiger partial charge is 0.123 e. The number of hydrogen-bond acceptors (Lipinski definition) is 2. The highest BCUT2D eigenvalue weighted by Gasteiger charge is 2.24. The van der Waals surface area contributed by atoms with Crippen LogP contribution in [0.3, 0.4) is 0 Å². The molecule has 0 aromatic heterocycles. The van der Waals surface area contributed by atoms with Gasteiger partial charge in [0.25, 0.3) is 0 Å². The zero-order valence-corrected chi connectivity index (χ0v) is 11.9. The largest absolute Gasteiger partial charge is 0.490 e. The van der Waals surface area contributed by atoms with Gasteiger partial charge in [0.15, 0.2) is 0 Å². The first kappa shape index (κ1) is 13.2. The third-order valence-corrected chi connectivity index (χ3v) is 3.86. The summed E-state index contributed by atoms with van der Waals surface area (Å²) in [5.74, 6) is 1.03. The summed E-state index contributed by atoms with van der Waals surface area (Å²) in [4.78, 5) is 0. The molecule has 104 valence electrons. The van der Waals surface area contributed by atoms with Crippen molar-refractivity contribution in [2.24, 2.45) is 5.73 Å². The van der Waals surface area contributed by atoms with E-state index in [9.17, 15) is 0 Å². The molecule has 0 saturated carbocycles. The SMILES string of the molecule is Cc1ccc2c(c1)CC(CC(N)Cc1ccccc1)O2. The lowest BCUT2D eigenvalue weighted by Crippen LogP contribution is -2.30. The molecule has 2 aromatic carbocycles. The van der Waals surface area contributed by atoms with Crippen molar-refractivity contribution in [3.63, 3.8) is 0 Å². The second-order valence-electron chi connectivity index (χ2n) is 5.74. The van der Waals surface area contributed by atoms with E-state index >= 15 is 0 Å². The van der Waals surface area contributed by atoms with Gasteiger partial charge in [-0.2, -0.15) is 0 Å². The van der Waals surface area contributed by atoms with Crippen LogP contribution in [0.1, 0.15) is 23.1 Å². The molecule has 1 heterocycles. The summed E-state index contributed by atoms with van der Waals surface area (Å²) in [6.07, 6.45) is 3.03. The van der Waals surface area contributed by atoms with Gasteiger partial charge < -0.3 is 10.5 Å². The third kappa shape index (κ3) is 3.02. The molecule has 1 aliphatic heterocycles. The van der Waals surface area contributed by atoms with Gasteiger partial charge in [0.1, 0.15) is 11.9 Å². The molecule has 0 saturated heterocycles. The monoisotopic (exact) mass is 267 g/mol. The van der Waals surface area contributed by atoms with E-state index in [0.29, 0.717) is 0 Å². The fourth-order valence-corrected chi connectivity index (χ4v) is 2.92. The third-order valence-electron chi connectivity index (χ3n) is 3.86. The molecule has 0 amide bonds. The fourth-order valence-electron chi connectivity index (χ4n) is 2.92. The quantitative estimate of drug-likeness (QED) is 0.923. The number of fused-ring (bicyclic) bond motifs is 1. The first-order valence-corrected chi connectivity index (χ1v) is 7.26. The minimum absolute atomic E-state index is 0.151. The van der Waals surface area contributed by atoms with Gasteiger partial charge in [0.2, 0.25) is 0 Å². The zero-order chi connectivity index (χ0) is 13.9. The number of benzene rings is 2. The molecule has 2 nitrogen and oxygen atoms in total. The molecular formula is C18H21NO. The van der Waals surface area contributed by atoms with Gasteiger partial charge in [-0.15, -0.1) is 0 Å². The van der Waals surface area contributed by atoms with Crippen LogP contribution in [0.15, 0.2) is 48.5 Å². The lowest BCUT2D eigenvalue weighted by molar-refractivity contribution is 0.210. The Labute approximate surface area is 120 Å². The van der Waals surface area contributed by atoms with Crippen molar-refractivity contribution in [1.82, 2.24) is 0 Å². The number of nitrogens with two attached hydrogens (primary N) is 1. The molecule has 0 radical (unpaired) electrons. The Hall–Kier alpha value is -1.80. The van der Waals surface area contributed by atoms with Crippen LogP contribution < -0.4 is 10.5 Å².